The van der Waals surface area contributed by atoms with Crippen LogP contribution in [0.5, 0.6) is 0 Å². The highest BCUT2D eigenvalue weighted by Crippen LogP contribution is 2.34. The molecule has 0 unspecified atom stereocenters. The van der Waals surface area contributed by atoms with Gasteiger partial charge in [-0.3, -0.25) is 4.79 Å². The van der Waals surface area contributed by atoms with Crippen molar-refractivity contribution in [1.29, 1.82) is 0 Å². The molecule has 0 fully saturated rings. The zero-order valence-electron chi connectivity index (χ0n) is 15.7. The maximum atomic E-state index is 12.8. The molecular weight excluding hydrogens is 388 g/mol. The fourth-order valence-corrected chi connectivity index (χ4v) is 3.77. The van der Waals surface area contributed by atoms with Gasteiger partial charge < -0.3 is 18.9 Å². The Hall–Kier alpha value is -3.16. The van der Waals surface area contributed by atoms with Crippen molar-refractivity contribution >= 4 is 17.2 Å². The molecule has 7 heteroatoms. The molecule has 0 aliphatic carbocycles. The Morgan fingerprint density at radius 2 is 1.86 bits per heavy atom. The SMILES string of the molecule is O=C(NCCCOCc1ccco1)c1sc(-c2ccco2)nc1-c1ccccc1. The molecule has 0 saturated carbocycles. The van der Waals surface area contributed by atoms with Crippen LogP contribution in [-0.2, 0) is 11.3 Å². The molecule has 0 spiro atoms. The summed E-state index contributed by atoms with van der Waals surface area (Å²) in [4.78, 5) is 18.0. The van der Waals surface area contributed by atoms with E-state index in [4.69, 9.17) is 13.6 Å². The van der Waals surface area contributed by atoms with E-state index in [1.165, 1.54) is 11.3 Å². The van der Waals surface area contributed by atoms with E-state index >= 15 is 0 Å². The molecule has 0 bridgehead atoms. The Balaban J connectivity index is 1.39. The Morgan fingerprint density at radius 3 is 2.62 bits per heavy atom. The van der Waals surface area contributed by atoms with Crippen LogP contribution in [0.3, 0.4) is 0 Å². The molecule has 0 aliphatic rings. The number of aromatic nitrogens is 1. The fraction of sp³-hybridized carbons (Fsp3) is 0.182. The van der Waals surface area contributed by atoms with Crippen LogP contribution in [0.1, 0.15) is 21.9 Å². The number of carbonyl (C=O) groups excluding carboxylic acids is 1. The van der Waals surface area contributed by atoms with Crippen molar-refractivity contribution in [3.05, 3.63) is 77.8 Å². The van der Waals surface area contributed by atoms with Crippen LogP contribution in [0.2, 0.25) is 0 Å². The molecule has 0 aliphatic heterocycles. The van der Waals surface area contributed by atoms with Gasteiger partial charge in [-0.25, -0.2) is 4.98 Å². The Bertz CT molecular complexity index is 1020. The number of thiazole rings is 1. The van der Waals surface area contributed by atoms with Crippen LogP contribution < -0.4 is 5.32 Å². The lowest BCUT2D eigenvalue weighted by atomic mass is 10.1. The first-order valence-electron chi connectivity index (χ1n) is 9.30. The number of carbonyl (C=O) groups is 1. The molecule has 0 atom stereocenters. The summed E-state index contributed by atoms with van der Waals surface area (Å²) in [5, 5.41) is 3.64. The third-order valence-corrected chi connectivity index (χ3v) is 5.26. The minimum absolute atomic E-state index is 0.148. The second-order valence-corrected chi connectivity index (χ2v) is 7.28. The molecule has 29 heavy (non-hydrogen) atoms. The van der Waals surface area contributed by atoms with Crippen LogP contribution in [-0.4, -0.2) is 24.0 Å². The largest absolute Gasteiger partial charge is 0.467 e. The number of benzene rings is 1. The van der Waals surface area contributed by atoms with Crippen molar-refractivity contribution in [2.24, 2.45) is 0 Å². The summed E-state index contributed by atoms with van der Waals surface area (Å²) in [6.07, 6.45) is 3.92. The van der Waals surface area contributed by atoms with Gasteiger partial charge in [0.2, 0.25) is 0 Å². The van der Waals surface area contributed by atoms with Crippen LogP contribution in [0, 0.1) is 0 Å². The summed E-state index contributed by atoms with van der Waals surface area (Å²) in [6.45, 7) is 1.48. The topological polar surface area (TPSA) is 77.5 Å². The van der Waals surface area contributed by atoms with Crippen LogP contribution >= 0.6 is 11.3 Å². The maximum Gasteiger partial charge on any atom is 0.263 e. The molecular formula is C22H20N2O4S. The summed E-state index contributed by atoms with van der Waals surface area (Å²) < 4.78 is 16.2. The van der Waals surface area contributed by atoms with Gasteiger partial charge in [0.05, 0.1) is 18.2 Å². The molecule has 1 aromatic carbocycles. The number of furan rings is 2. The first kappa shape index (κ1) is 19.2. The zero-order valence-corrected chi connectivity index (χ0v) is 16.5. The Labute approximate surface area is 172 Å². The highest BCUT2D eigenvalue weighted by atomic mass is 32.1. The predicted molar refractivity (Wildman–Crippen MR) is 111 cm³/mol. The zero-order chi connectivity index (χ0) is 19.9. The molecule has 148 valence electrons. The van der Waals surface area contributed by atoms with Gasteiger partial charge in [0.15, 0.2) is 10.8 Å². The smallest absolute Gasteiger partial charge is 0.263 e. The van der Waals surface area contributed by atoms with E-state index in [1.807, 2.05) is 48.5 Å². The van der Waals surface area contributed by atoms with Crippen molar-refractivity contribution in [2.45, 2.75) is 13.0 Å². The number of nitrogens with zero attached hydrogens (tertiary/aromatic N) is 1. The van der Waals surface area contributed by atoms with E-state index in [0.29, 0.717) is 47.5 Å². The molecule has 4 rings (SSSR count). The van der Waals surface area contributed by atoms with Gasteiger partial charge in [-0.2, -0.15) is 0 Å². The number of ether oxygens (including phenoxy) is 1. The average Bonchev–Trinajstić information content (AvgIpc) is 3.52. The lowest BCUT2D eigenvalue weighted by molar-refractivity contribution is 0.0920. The van der Waals surface area contributed by atoms with E-state index in [2.05, 4.69) is 10.3 Å². The van der Waals surface area contributed by atoms with Crippen molar-refractivity contribution in [1.82, 2.24) is 10.3 Å². The highest BCUT2D eigenvalue weighted by molar-refractivity contribution is 7.17. The van der Waals surface area contributed by atoms with Crippen molar-refractivity contribution in [3.63, 3.8) is 0 Å². The van der Waals surface area contributed by atoms with Gasteiger partial charge in [0.25, 0.3) is 5.91 Å². The van der Waals surface area contributed by atoms with Gasteiger partial charge in [-0.1, -0.05) is 30.3 Å². The minimum atomic E-state index is -0.148. The quantitative estimate of drug-likeness (QED) is 0.394. The van der Waals surface area contributed by atoms with Gasteiger partial charge >= 0.3 is 0 Å². The molecule has 6 nitrogen and oxygen atoms in total. The van der Waals surface area contributed by atoms with Crippen molar-refractivity contribution in [2.75, 3.05) is 13.2 Å². The average molecular weight is 408 g/mol. The second kappa shape index (κ2) is 9.36. The molecule has 3 heterocycles. The lowest BCUT2D eigenvalue weighted by Crippen LogP contribution is -2.25. The summed E-state index contributed by atoms with van der Waals surface area (Å²) >= 11 is 1.33. The summed E-state index contributed by atoms with van der Waals surface area (Å²) in [6, 6.07) is 17.0. The standard InChI is InChI=1S/C22H20N2O4S/c25-21(23-11-6-12-26-15-17-9-4-13-27-17)20-19(16-7-2-1-3-8-16)24-22(29-20)18-10-5-14-28-18/h1-5,7-10,13-14H,6,11-12,15H2,(H,23,25). The molecule has 0 radical (unpaired) electrons. The molecule has 0 saturated heterocycles. The minimum Gasteiger partial charge on any atom is -0.467 e. The van der Waals surface area contributed by atoms with E-state index < -0.39 is 0 Å². The molecule has 3 aromatic heterocycles. The monoisotopic (exact) mass is 408 g/mol. The summed E-state index contributed by atoms with van der Waals surface area (Å²) in [7, 11) is 0. The Kier molecular flexibility index (Phi) is 6.19. The van der Waals surface area contributed by atoms with Gasteiger partial charge in [-0.05, 0) is 30.7 Å². The maximum absolute atomic E-state index is 12.8. The highest BCUT2D eigenvalue weighted by Gasteiger charge is 2.21. The van der Waals surface area contributed by atoms with Crippen LogP contribution in [0.25, 0.3) is 22.0 Å². The third-order valence-electron chi connectivity index (χ3n) is 4.19. The van der Waals surface area contributed by atoms with Crippen molar-refractivity contribution in [3.8, 4) is 22.0 Å². The molecule has 4 aromatic rings. The number of hydrogen-bond acceptors (Lipinski definition) is 6. The normalized spacial score (nSPS) is 10.9. The summed E-state index contributed by atoms with van der Waals surface area (Å²) in [5.74, 6) is 1.29. The van der Waals surface area contributed by atoms with Crippen LogP contribution in [0.15, 0.2) is 76.0 Å². The van der Waals surface area contributed by atoms with Gasteiger partial charge in [0, 0.05) is 18.7 Å². The Morgan fingerprint density at radius 1 is 1.03 bits per heavy atom. The molecule has 1 N–H and O–H groups in total. The van der Waals surface area contributed by atoms with Gasteiger partial charge in [-0.15, -0.1) is 11.3 Å². The fourth-order valence-electron chi connectivity index (χ4n) is 2.80. The second-order valence-electron chi connectivity index (χ2n) is 6.28. The first-order chi connectivity index (χ1) is 14.3. The van der Waals surface area contributed by atoms with E-state index in [9.17, 15) is 4.79 Å². The predicted octanol–water partition coefficient (Wildman–Crippen LogP) is 5.00. The van der Waals surface area contributed by atoms with Gasteiger partial charge in [0.1, 0.15) is 17.2 Å². The number of nitrogens with one attached hydrogen (secondary N) is 1. The third kappa shape index (κ3) is 4.82. The van der Waals surface area contributed by atoms with E-state index in [-0.39, 0.29) is 5.91 Å². The first-order valence-corrected chi connectivity index (χ1v) is 10.1. The molecule has 1 amide bonds. The summed E-state index contributed by atoms with van der Waals surface area (Å²) in [5.41, 5.74) is 1.56. The van der Waals surface area contributed by atoms with E-state index in [1.54, 1.807) is 18.6 Å². The van der Waals surface area contributed by atoms with E-state index in [0.717, 1.165) is 11.3 Å². The number of rotatable bonds is 9. The van der Waals surface area contributed by atoms with Crippen LogP contribution in [0.4, 0.5) is 0 Å². The van der Waals surface area contributed by atoms with Crippen molar-refractivity contribution < 1.29 is 18.4 Å². The number of amides is 1. The number of hydrogen-bond donors (Lipinski definition) is 1. The lowest BCUT2D eigenvalue weighted by Gasteiger charge is -2.06.